The molecule has 2 aromatic carbocycles. The van der Waals surface area contributed by atoms with E-state index in [0.29, 0.717) is 22.2 Å². The molecule has 9 nitrogen and oxygen atoms in total. The first-order valence-corrected chi connectivity index (χ1v) is 14.8. The quantitative estimate of drug-likeness (QED) is 0.192. The average Bonchev–Trinajstić information content (AvgIpc) is 3.27. The molecule has 0 saturated heterocycles. The first kappa shape index (κ1) is 28.9. The van der Waals surface area contributed by atoms with Crippen molar-refractivity contribution in [3.05, 3.63) is 75.8 Å². The van der Waals surface area contributed by atoms with E-state index in [2.05, 4.69) is 33.0 Å². The summed E-state index contributed by atoms with van der Waals surface area (Å²) < 4.78 is 0. The van der Waals surface area contributed by atoms with Crippen LogP contribution in [0.15, 0.2) is 48.5 Å². The van der Waals surface area contributed by atoms with Crippen molar-refractivity contribution in [2.45, 2.75) is 50.9 Å². The van der Waals surface area contributed by atoms with Gasteiger partial charge in [-0.1, -0.05) is 60.2 Å². The summed E-state index contributed by atoms with van der Waals surface area (Å²) in [6, 6.07) is 18.0. The van der Waals surface area contributed by atoms with E-state index < -0.39 is 0 Å². The molecular weight excluding hydrogens is 543 g/mol. The van der Waals surface area contributed by atoms with Crippen LogP contribution in [0.1, 0.15) is 65.3 Å². The van der Waals surface area contributed by atoms with Gasteiger partial charge in [-0.15, -0.1) is 10.2 Å². The van der Waals surface area contributed by atoms with E-state index in [1.807, 2.05) is 6.07 Å². The number of rotatable bonds is 8. The fourth-order valence-electron chi connectivity index (χ4n) is 4.73. The van der Waals surface area contributed by atoms with Gasteiger partial charge in [0.15, 0.2) is 5.17 Å². The number of benzene rings is 2. The molecule has 2 amide bonds. The van der Waals surface area contributed by atoms with Gasteiger partial charge in [0.2, 0.25) is 16.9 Å². The van der Waals surface area contributed by atoms with E-state index >= 15 is 0 Å². The van der Waals surface area contributed by atoms with Gasteiger partial charge >= 0.3 is 0 Å². The molecule has 3 N–H and O–H groups in total. The van der Waals surface area contributed by atoms with Crippen molar-refractivity contribution in [3.8, 4) is 12.1 Å². The van der Waals surface area contributed by atoms with Crippen LogP contribution in [0.4, 0.5) is 5.13 Å². The number of nitriles is 2. The molecule has 2 atom stereocenters. The minimum absolute atomic E-state index is 0.117. The van der Waals surface area contributed by atoms with Crippen molar-refractivity contribution in [2.75, 3.05) is 11.1 Å². The average molecular weight is 572 g/mol. The van der Waals surface area contributed by atoms with Gasteiger partial charge in [-0.05, 0) is 60.6 Å². The van der Waals surface area contributed by atoms with Crippen LogP contribution >= 0.6 is 23.1 Å². The molecule has 1 saturated carbocycles. The summed E-state index contributed by atoms with van der Waals surface area (Å²) in [5.41, 5.74) is 2.52. The van der Waals surface area contributed by atoms with Crippen LogP contribution in [0, 0.1) is 34.0 Å². The Morgan fingerprint density at radius 1 is 0.975 bits per heavy atom. The second-order valence-electron chi connectivity index (χ2n) is 9.74. The number of amidine groups is 1. The van der Waals surface area contributed by atoms with Crippen LogP contribution in [-0.4, -0.2) is 32.9 Å². The number of aromatic nitrogens is 2. The fourth-order valence-corrected chi connectivity index (χ4v) is 6.53. The van der Waals surface area contributed by atoms with E-state index in [4.69, 9.17) is 15.9 Å². The number of carbonyl (C=O) groups excluding carboxylic acids is 2. The number of hydrogen-bond acceptors (Lipinski definition) is 9. The Bertz CT molecular complexity index is 1460. The Morgan fingerprint density at radius 2 is 1.62 bits per heavy atom. The Hall–Kier alpha value is -4.06. The van der Waals surface area contributed by atoms with Gasteiger partial charge < -0.3 is 10.6 Å². The SMILES string of the molecule is N#Cc1cccc(CC(=O)NC(=N)SCC2CCCCC(c3nnc(NC(=O)Cc4cccc(C#N)c4)s3)C2)c1. The predicted molar refractivity (Wildman–Crippen MR) is 156 cm³/mol. The summed E-state index contributed by atoms with van der Waals surface area (Å²) in [6.45, 7) is 0. The molecule has 0 aliphatic heterocycles. The summed E-state index contributed by atoms with van der Waals surface area (Å²) in [7, 11) is 0. The standard InChI is InChI=1S/C29H29N7O2S2/c30-16-21-8-3-6-19(11-21)14-25(37)33-28(32)39-18-23-5-1-2-10-24(13-23)27-35-36-29(40-27)34-26(38)15-20-7-4-9-22(12-20)17-31/h3-4,6-9,11-12,23-24H,1-2,5,10,13-15,18H2,(H2,32,33,37)(H,34,36,38). The third-order valence-electron chi connectivity index (χ3n) is 6.63. The topological polar surface area (TPSA) is 155 Å². The van der Waals surface area contributed by atoms with Crippen molar-refractivity contribution >= 4 is 45.2 Å². The highest BCUT2D eigenvalue weighted by Crippen LogP contribution is 2.38. The molecule has 0 bridgehead atoms. The highest BCUT2D eigenvalue weighted by atomic mass is 32.2. The van der Waals surface area contributed by atoms with Gasteiger partial charge in [0, 0.05) is 11.7 Å². The summed E-state index contributed by atoms with van der Waals surface area (Å²) in [6.07, 6.45) is 5.42. The number of hydrogen-bond donors (Lipinski definition) is 3. The minimum atomic E-state index is -0.271. The van der Waals surface area contributed by atoms with Crippen molar-refractivity contribution in [1.82, 2.24) is 15.5 Å². The molecule has 1 heterocycles. The van der Waals surface area contributed by atoms with Crippen molar-refractivity contribution < 1.29 is 9.59 Å². The first-order valence-electron chi connectivity index (χ1n) is 13.0. The Balaban J connectivity index is 1.25. The molecule has 1 fully saturated rings. The Labute approximate surface area is 241 Å². The van der Waals surface area contributed by atoms with Gasteiger partial charge in [0.05, 0.1) is 36.1 Å². The van der Waals surface area contributed by atoms with Gasteiger partial charge in [-0.2, -0.15) is 10.5 Å². The molecule has 11 heteroatoms. The summed E-state index contributed by atoms with van der Waals surface area (Å²) in [4.78, 5) is 24.9. The molecule has 204 valence electrons. The zero-order valence-corrected chi connectivity index (χ0v) is 23.5. The second kappa shape index (κ2) is 14.4. The molecule has 1 aromatic heterocycles. The van der Waals surface area contributed by atoms with E-state index in [9.17, 15) is 9.59 Å². The van der Waals surface area contributed by atoms with Gasteiger partial charge in [0.1, 0.15) is 5.01 Å². The lowest BCUT2D eigenvalue weighted by molar-refractivity contribution is -0.119. The molecule has 0 spiro atoms. The number of nitrogens with zero attached hydrogens (tertiary/aromatic N) is 4. The van der Waals surface area contributed by atoms with Crippen LogP contribution < -0.4 is 10.6 Å². The number of carbonyl (C=O) groups is 2. The van der Waals surface area contributed by atoms with E-state index in [1.54, 1.807) is 42.5 Å². The van der Waals surface area contributed by atoms with Crippen LogP contribution in [0.2, 0.25) is 0 Å². The van der Waals surface area contributed by atoms with E-state index in [-0.39, 0.29) is 35.7 Å². The monoisotopic (exact) mass is 571 g/mol. The highest BCUT2D eigenvalue weighted by Gasteiger charge is 2.25. The molecule has 4 rings (SSSR count). The molecule has 2 unspecified atom stereocenters. The van der Waals surface area contributed by atoms with Crippen LogP contribution in [0.5, 0.6) is 0 Å². The molecular formula is C29H29N7O2S2. The largest absolute Gasteiger partial charge is 0.305 e. The second-order valence-corrected chi connectivity index (χ2v) is 11.8. The van der Waals surface area contributed by atoms with Crippen LogP contribution in [0.3, 0.4) is 0 Å². The molecule has 0 radical (unpaired) electrons. The Kier molecular flexibility index (Phi) is 10.4. The minimum Gasteiger partial charge on any atom is -0.305 e. The first-order chi connectivity index (χ1) is 19.4. The van der Waals surface area contributed by atoms with E-state index in [0.717, 1.165) is 54.0 Å². The number of anilines is 1. The fraction of sp³-hybridized carbons (Fsp3) is 0.345. The third kappa shape index (κ3) is 8.73. The van der Waals surface area contributed by atoms with Crippen LogP contribution in [0.25, 0.3) is 0 Å². The van der Waals surface area contributed by atoms with Gasteiger partial charge in [0.25, 0.3) is 0 Å². The van der Waals surface area contributed by atoms with Crippen molar-refractivity contribution in [1.29, 1.82) is 15.9 Å². The molecule has 1 aliphatic carbocycles. The highest BCUT2D eigenvalue weighted by molar-refractivity contribution is 8.13. The van der Waals surface area contributed by atoms with Crippen LogP contribution in [-0.2, 0) is 22.4 Å². The maximum atomic E-state index is 12.5. The molecule has 40 heavy (non-hydrogen) atoms. The normalized spacial score (nSPS) is 16.6. The number of thioether (sulfide) groups is 1. The van der Waals surface area contributed by atoms with Crippen molar-refractivity contribution in [3.63, 3.8) is 0 Å². The van der Waals surface area contributed by atoms with E-state index in [1.165, 1.54) is 23.1 Å². The Morgan fingerprint density at radius 3 is 2.30 bits per heavy atom. The number of nitrogens with one attached hydrogen (secondary N) is 3. The third-order valence-corrected chi connectivity index (χ3v) is 8.66. The summed E-state index contributed by atoms with van der Waals surface area (Å²) >= 11 is 2.74. The summed E-state index contributed by atoms with van der Waals surface area (Å²) in [5.74, 6) is 0.860. The molecule has 3 aromatic rings. The van der Waals surface area contributed by atoms with Gasteiger partial charge in [-0.25, -0.2) is 0 Å². The predicted octanol–water partition coefficient (Wildman–Crippen LogP) is 5.15. The lowest BCUT2D eigenvalue weighted by atomic mass is 9.95. The summed E-state index contributed by atoms with van der Waals surface area (Å²) in [5, 5.41) is 41.9. The lowest BCUT2D eigenvalue weighted by Crippen LogP contribution is -2.29. The molecule has 1 aliphatic rings. The smallest absolute Gasteiger partial charge is 0.230 e. The maximum Gasteiger partial charge on any atom is 0.230 e. The zero-order chi connectivity index (χ0) is 28.3. The maximum absolute atomic E-state index is 12.5. The zero-order valence-electron chi connectivity index (χ0n) is 21.9. The van der Waals surface area contributed by atoms with Gasteiger partial charge in [-0.3, -0.25) is 15.0 Å². The van der Waals surface area contributed by atoms with Crippen molar-refractivity contribution in [2.24, 2.45) is 5.92 Å². The number of amides is 2. The lowest BCUT2D eigenvalue weighted by Gasteiger charge is -2.18.